The molecule has 3 aromatic heterocycles. The average molecular weight is 462 g/mol. The summed E-state index contributed by atoms with van der Waals surface area (Å²) in [4.78, 5) is 25.6. The van der Waals surface area contributed by atoms with Crippen LogP contribution in [0.25, 0.3) is 11.2 Å². The number of fused-ring (bicyclic) bond motifs is 1. The van der Waals surface area contributed by atoms with E-state index in [9.17, 15) is 4.79 Å². The number of β-amino-alcohol motifs (C(OH)–C–C–N with tert-alkyl or cyclic N) is 1. The van der Waals surface area contributed by atoms with E-state index in [0.717, 1.165) is 79.9 Å². The fraction of sp³-hybridized carbons (Fsp3) is 0.440. The number of nitrogens with zero attached hydrogens (tertiary/aromatic N) is 7. The van der Waals surface area contributed by atoms with Gasteiger partial charge in [0.05, 0.1) is 41.1 Å². The molecule has 3 aromatic rings. The van der Waals surface area contributed by atoms with Crippen molar-refractivity contribution in [1.29, 1.82) is 0 Å². The first-order valence-electron chi connectivity index (χ1n) is 11.9. The van der Waals surface area contributed by atoms with Gasteiger partial charge in [-0.2, -0.15) is 5.10 Å². The zero-order valence-electron chi connectivity index (χ0n) is 19.8. The third-order valence-electron chi connectivity index (χ3n) is 6.54. The summed E-state index contributed by atoms with van der Waals surface area (Å²) in [5.74, 6) is 0.498. The van der Waals surface area contributed by atoms with E-state index in [-0.39, 0.29) is 6.61 Å². The van der Waals surface area contributed by atoms with Gasteiger partial charge in [-0.25, -0.2) is 9.51 Å². The van der Waals surface area contributed by atoms with Gasteiger partial charge >= 0.3 is 0 Å². The standard InChI is InChI=1S/C25H31N7O2/c1-18-16-32-23(25(26-18)19-3-4-19)15-22(28-32)21(7-13-33)27-24-6-5-20(17-29(24)2)31-10-8-30(9-11-31)12-14-34/h5-7,13,15-17,19,34H,3-4,8-12,14H2,1-2H3/b21-7-,27-24-. The van der Waals surface area contributed by atoms with Crippen molar-refractivity contribution < 1.29 is 9.90 Å². The molecule has 0 bridgehead atoms. The van der Waals surface area contributed by atoms with Gasteiger partial charge in [-0.1, -0.05) is 0 Å². The van der Waals surface area contributed by atoms with Crippen LogP contribution in [0.2, 0.25) is 0 Å². The molecule has 0 aromatic carbocycles. The summed E-state index contributed by atoms with van der Waals surface area (Å²) in [6.45, 7) is 6.63. The molecule has 2 fully saturated rings. The van der Waals surface area contributed by atoms with Crippen LogP contribution in [0.5, 0.6) is 0 Å². The van der Waals surface area contributed by atoms with E-state index in [1.165, 1.54) is 6.08 Å². The second-order valence-corrected chi connectivity index (χ2v) is 9.11. The van der Waals surface area contributed by atoms with Crippen LogP contribution in [-0.4, -0.2) is 74.8 Å². The van der Waals surface area contributed by atoms with Gasteiger partial charge < -0.3 is 14.6 Å². The average Bonchev–Trinajstić information content (AvgIpc) is 3.59. The van der Waals surface area contributed by atoms with E-state index >= 15 is 0 Å². The molecule has 0 spiro atoms. The minimum atomic E-state index is 0.201. The molecule has 34 heavy (non-hydrogen) atoms. The van der Waals surface area contributed by atoms with Gasteiger partial charge in [0.2, 0.25) is 0 Å². The van der Waals surface area contributed by atoms with Crippen molar-refractivity contribution in [3.63, 3.8) is 0 Å². The van der Waals surface area contributed by atoms with Gasteiger partial charge in [0, 0.05) is 58.0 Å². The van der Waals surface area contributed by atoms with Crippen LogP contribution in [-0.2, 0) is 11.8 Å². The number of pyridine rings is 1. The van der Waals surface area contributed by atoms with E-state index in [1.807, 2.05) is 41.4 Å². The number of rotatable bonds is 7. The van der Waals surface area contributed by atoms with Crippen molar-refractivity contribution in [3.8, 4) is 0 Å². The van der Waals surface area contributed by atoms with Crippen LogP contribution in [0, 0.1) is 6.92 Å². The highest BCUT2D eigenvalue weighted by atomic mass is 16.3. The van der Waals surface area contributed by atoms with Crippen LogP contribution in [0.4, 0.5) is 5.69 Å². The van der Waals surface area contributed by atoms with Gasteiger partial charge in [0.15, 0.2) is 0 Å². The van der Waals surface area contributed by atoms with E-state index in [1.54, 1.807) is 0 Å². The Balaban J connectivity index is 1.44. The number of aliphatic hydroxyl groups is 1. The number of aldehydes is 1. The first-order chi connectivity index (χ1) is 16.6. The minimum Gasteiger partial charge on any atom is -0.395 e. The number of aryl methyl sites for hydroxylation is 2. The molecule has 4 heterocycles. The molecular formula is C25H31N7O2. The van der Waals surface area contributed by atoms with Crippen molar-refractivity contribution in [1.82, 2.24) is 24.1 Å². The highest BCUT2D eigenvalue weighted by Crippen LogP contribution is 2.41. The first kappa shape index (κ1) is 22.5. The second-order valence-electron chi connectivity index (χ2n) is 9.11. The lowest BCUT2D eigenvalue weighted by Gasteiger charge is -2.35. The van der Waals surface area contributed by atoms with Crippen LogP contribution in [0.3, 0.4) is 0 Å². The third-order valence-corrected chi connectivity index (χ3v) is 6.54. The Kier molecular flexibility index (Phi) is 6.30. The summed E-state index contributed by atoms with van der Waals surface area (Å²) in [5.41, 5.74) is 6.05. The number of carbonyl (C=O) groups is 1. The van der Waals surface area contributed by atoms with Gasteiger partial charge in [0.25, 0.3) is 0 Å². The highest BCUT2D eigenvalue weighted by molar-refractivity contribution is 5.81. The van der Waals surface area contributed by atoms with E-state index in [0.29, 0.717) is 17.3 Å². The molecule has 0 atom stereocenters. The summed E-state index contributed by atoms with van der Waals surface area (Å²) in [5, 5.41) is 13.9. The number of hydrogen-bond donors (Lipinski definition) is 1. The number of aromatic nitrogens is 4. The summed E-state index contributed by atoms with van der Waals surface area (Å²) in [7, 11) is 1.96. The van der Waals surface area contributed by atoms with E-state index in [2.05, 4.69) is 22.1 Å². The van der Waals surface area contributed by atoms with Crippen molar-refractivity contribution in [3.05, 3.63) is 59.2 Å². The molecule has 2 aliphatic rings. The maximum atomic E-state index is 11.4. The fourth-order valence-electron chi connectivity index (χ4n) is 4.55. The lowest BCUT2D eigenvalue weighted by molar-refractivity contribution is -0.104. The molecule has 178 valence electrons. The second kappa shape index (κ2) is 9.52. The largest absolute Gasteiger partial charge is 0.395 e. The lowest BCUT2D eigenvalue weighted by Crippen LogP contribution is -2.47. The Bertz CT molecular complexity index is 1290. The van der Waals surface area contributed by atoms with Crippen LogP contribution < -0.4 is 10.4 Å². The SMILES string of the molecule is Cc1cn2nc(C(=C/C=O)/N=c3/ccc(N4CCN(CCO)CC4)cn3C)cc2c(C2CC2)n1. The molecule has 5 rings (SSSR count). The number of aliphatic hydroxyl groups excluding tert-OH is 1. The molecule has 1 saturated heterocycles. The third kappa shape index (κ3) is 4.67. The Morgan fingerprint density at radius 1 is 1.21 bits per heavy atom. The Hall–Kier alpha value is -3.30. The molecule has 1 aliphatic carbocycles. The highest BCUT2D eigenvalue weighted by Gasteiger charge is 2.28. The van der Waals surface area contributed by atoms with Crippen LogP contribution in [0.1, 0.15) is 35.8 Å². The number of carbonyl (C=O) groups excluding carboxylic acids is 1. The topological polar surface area (TPSA) is 91.3 Å². The summed E-state index contributed by atoms with van der Waals surface area (Å²) >= 11 is 0. The van der Waals surface area contributed by atoms with Gasteiger partial charge in [-0.15, -0.1) is 0 Å². The molecule has 0 amide bonds. The molecule has 1 saturated carbocycles. The molecular weight excluding hydrogens is 430 g/mol. The fourth-order valence-corrected chi connectivity index (χ4v) is 4.55. The van der Waals surface area contributed by atoms with Crippen LogP contribution >= 0.6 is 0 Å². The predicted molar refractivity (Wildman–Crippen MR) is 130 cm³/mol. The van der Waals surface area contributed by atoms with Crippen molar-refractivity contribution in [2.24, 2.45) is 12.0 Å². The predicted octanol–water partition coefficient (Wildman–Crippen LogP) is 1.51. The van der Waals surface area contributed by atoms with Gasteiger partial charge in [-0.05, 0) is 38.0 Å². The molecule has 9 nitrogen and oxygen atoms in total. The molecule has 1 aliphatic heterocycles. The zero-order chi connectivity index (χ0) is 23.7. The van der Waals surface area contributed by atoms with Crippen molar-refractivity contribution in [2.45, 2.75) is 25.7 Å². The zero-order valence-corrected chi connectivity index (χ0v) is 19.8. The number of piperazine rings is 1. The lowest BCUT2D eigenvalue weighted by atomic mass is 10.2. The minimum absolute atomic E-state index is 0.201. The van der Waals surface area contributed by atoms with Crippen LogP contribution in [0.15, 0.2) is 41.7 Å². The Labute approximate surface area is 198 Å². The summed E-state index contributed by atoms with van der Waals surface area (Å²) in [6.07, 6.45) is 8.53. The molecule has 0 unspecified atom stereocenters. The van der Waals surface area contributed by atoms with E-state index < -0.39 is 0 Å². The summed E-state index contributed by atoms with van der Waals surface area (Å²) < 4.78 is 3.84. The van der Waals surface area contributed by atoms with Gasteiger partial charge in [-0.3, -0.25) is 14.7 Å². The monoisotopic (exact) mass is 461 g/mol. The maximum absolute atomic E-state index is 11.4. The maximum Gasteiger partial charge on any atom is 0.145 e. The Morgan fingerprint density at radius 3 is 2.68 bits per heavy atom. The molecule has 0 radical (unpaired) electrons. The van der Waals surface area contributed by atoms with Crippen molar-refractivity contribution in [2.75, 3.05) is 44.2 Å². The summed E-state index contributed by atoms with van der Waals surface area (Å²) in [6, 6.07) is 6.03. The molecule has 9 heteroatoms. The van der Waals surface area contributed by atoms with Gasteiger partial charge in [0.1, 0.15) is 17.5 Å². The Morgan fingerprint density at radius 2 is 2.00 bits per heavy atom. The smallest absolute Gasteiger partial charge is 0.145 e. The van der Waals surface area contributed by atoms with Crippen molar-refractivity contribution >= 4 is 23.2 Å². The number of hydrogen-bond acceptors (Lipinski definition) is 7. The molecule has 1 N–H and O–H groups in total. The quantitative estimate of drug-likeness (QED) is 0.424. The first-order valence-corrected chi connectivity index (χ1v) is 11.9. The number of anilines is 1. The normalized spacial score (nSPS) is 18.1. The van der Waals surface area contributed by atoms with E-state index in [4.69, 9.17) is 20.2 Å². The number of allylic oxidation sites excluding steroid dienone is 1.